The predicted molar refractivity (Wildman–Crippen MR) is 212 cm³/mol. The third-order valence-electron chi connectivity index (χ3n) is 7.73. The molecule has 3 atom stereocenters. The zero-order valence-electron chi connectivity index (χ0n) is 31.3. The number of unbranched alkanes of at least 4 members (excludes halogenated alkanes) is 11. The van der Waals surface area contributed by atoms with Gasteiger partial charge in [0.2, 0.25) is 5.91 Å². The molecule has 0 saturated heterocycles. The van der Waals surface area contributed by atoms with Gasteiger partial charge in [-0.1, -0.05) is 157 Å². The van der Waals surface area contributed by atoms with Crippen molar-refractivity contribution in [3.8, 4) is 0 Å². The second-order valence-electron chi connectivity index (χ2n) is 12.4. The summed E-state index contributed by atoms with van der Waals surface area (Å²) >= 11 is 0. The van der Waals surface area contributed by atoms with E-state index >= 15 is 0 Å². The first-order valence-electron chi connectivity index (χ1n) is 19.2. The van der Waals surface area contributed by atoms with Crippen LogP contribution in [-0.2, 0) is 18.4 Å². The van der Waals surface area contributed by atoms with Crippen LogP contribution in [0.2, 0.25) is 0 Å². The van der Waals surface area contributed by atoms with Gasteiger partial charge < -0.3 is 21.1 Å². The van der Waals surface area contributed by atoms with E-state index in [-0.39, 0.29) is 25.5 Å². The Hall–Kier alpha value is -2.32. The van der Waals surface area contributed by atoms with Crippen LogP contribution in [0.25, 0.3) is 0 Å². The van der Waals surface area contributed by atoms with Gasteiger partial charge >= 0.3 is 7.82 Å². The minimum Gasteiger partial charge on any atom is -0.387 e. The highest BCUT2D eigenvalue weighted by Crippen LogP contribution is 2.43. The number of allylic oxidation sites excluding steroid dienone is 12. The Balaban J connectivity index is 4.53. The molecule has 8 nitrogen and oxygen atoms in total. The maximum absolute atomic E-state index is 12.6. The highest BCUT2D eigenvalue weighted by atomic mass is 31.2. The molecule has 0 saturated carbocycles. The van der Waals surface area contributed by atoms with Crippen LogP contribution in [0, 0.1) is 0 Å². The zero-order chi connectivity index (χ0) is 36.8. The summed E-state index contributed by atoms with van der Waals surface area (Å²) in [5, 5.41) is 13.5. The van der Waals surface area contributed by atoms with Crippen LogP contribution in [0.1, 0.15) is 136 Å². The van der Waals surface area contributed by atoms with Crippen LogP contribution in [0.15, 0.2) is 85.1 Å². The van der Waals surface area contributed by atoms with Gasteiger partial charge in [0.15, 0.2) is 0 Å². The van der Waals surface area contributed by atoms with Crippen LogP contribution in [-0.4, -0.2) is 47.8 Å². The Kier molecular flexibility index (Phi) is 34.8. The lowest BCUT2D eigenvalue weighted by Gasteiger charge is -2.23. The molecule has 0 heterocycles. The Morgan fingerprint density at radius 3 is 1.74 bits per heavy atom. The molecule has 0 aromatic rings. The summed E-state index contributed by atoms with van der Waals surface area (Å²) in [4.78, 5) is 22.5. The van der Waals surface area contributed by atoms with Gasteiger partial charge in [-0.2, -0.15) is 0 Å². The molecule has 0 aromatic heterocycles. The number of aliphatic hydroxyl groups is 1. The molecule has 50 heavy (non-hydrogen) atoms. The van der Waals surface area contributed by atoms with Crippen molar-refractivity contribution in [1.82, 2.24) is 5.32 Å². The summed E-state index contributed by atoms with van der Waals surface area (Å²) < 4.78 is 22.0. The van der Waals surface area contributed by atoms with E-state index in [0.29, 0.717) is 6.42 Å². The summed E-state index contributed by atoms with van der Waals surface area (Å²) in [5.74, 6) is -0.335. The largest absolute Gasteiger partial charge is 0.472 e. The topological polar surface area (TPSA) is 131 Å². The average Bonchev–Trinajstić information content (AvgIpc) is 3.10. The molecule has 0 bridgehead atoms. The van der Waals surface area contributed by atoms with E-state index < -0.39 is 26.6 Å². The lowest BCUT2D eigenvalue weighted by molar-refractivity contribution is -0.122. The summed E-state index contributed by atoms with van der Waals surface area (Å²) in [5.41, 5.74) is 5.35. The molecule has 3 unspecified atom stereocenters. The van der Waals surface area contributed by atoms with E-state index in [1.54, 1.807) is 12.2 Å². The second kappa shape index (κ2) is 36.5. The molecule has 1 amide bonds. The van der Waals surface area contributed by atoms with E-state index in [4.69, 9.17) is 14.8 Å². The lowest BCUT2D eigenvalue weighted by Crippen LogP contribution is -2.45. The summed E-state index contributed by atoms with van der Waals surface area (Å²) in [7, 11) is -4.37. The van der Waals surface area contributed by atoms with Crippen molar-refractivity contribution in [2.75, 3.05) is 19.8 Å². The van der Waals surface area contributed by atoms with Gasteiger partial charge in [0.05, 0.1) is 25.4 Å². The molecule has 0 aliphatic rings. The van der Waals surface area contributed by atoms with Crippen LogP contribution < -0.4 is 11.1 Å². The monoisotopic (exact) mass is 719 g/mol. The van der Waals surface area contributed by atoms with Crippen molar-refractivity contribution in [1.29, 1.82) is 0 Å². The number of carbonyl (C=O) groups excluding carboxylic acids is 1. The SMILES string of the molecule is CC/C=C\C/C=C\C/C=C\C/C=C\C/C=C\CC(=O)NC(COP(=O)(O)OCCN)C(O)/C=C/CC/C=C/CCCCCCCCCCCC. The molecule has 0 aliphatic carbocycles. The van der Waals surface area contributed by atoms with Gasteiger partial charge in [-0.15, -0.1) is 0 Å². The minimum absolute atomic E-state index is 0.0559. The van der Waals surface area contributed by atoms with Gasteiger partial charge in [0.1, 0.15) is 0 Å². The van der Waals surface area contributed by atoms with Crippen molar-refractivity contribution in [3.63, 3.8) is 0 Å². The van der Waals surface area contributed by atoms with E-state index in [0.717, 1.165) is 44.9 Å². The molecule has 286 valence electrons. The third-order valence-corrected chi connectivity index (χ3v) is 8.72. The number of rotatable bonds is 34. The molecule has 0 fully saturated rings. The predicted octanol–water partition coefficient (Wildman–Crippen LogP) is 10.3. The Morgan fingerprint density at radius 2 is 1.18 bits per heavy atom. The van der Waals surface area contributed by atoms with E-state index in [9.17, 15) is 19.4 Å². The fourth-order valence-corrected chi connectivity index (χ4v) is 5.62. The van der Waals surface area contributed by atoms with Crippen LogP contribution in [0.4, 0.5) is 0 Å². The van der Waals surface area contributed by atoms with E-state index in [1.165, 1.54) is 64.2 Å². The van der Waals surface area contributed by atoms with E-state index in [1.807, 2.05) is 18.2 Å². The normalized spacial score (nSPS) is 15.2. The van der Waals surface area contributed by atoms with Crippen LogP contribution >= 0.6 is 7.82 Å². The average molecular weight is 719 g/mol. The number of hydrogen-bond donors (Lipinski definition) is 4. The van der Waals surface area contributed by atoms with E-state index in [2.05, 4.69) is 73.8 Å². The highest BCUT2D eigenvalue weighted by molar-refractivity contribution is 7.47. The molecular formula is C41H71N2O6P. The van der Waals surface area contributed by atoms with Crippen molar-refractivity contribution < 1.29 is 28.4 Å². The number of phosphoric ester groups is 1. The first-order valence-corrected chi connectivity index (χ1v) is 20.7. The van der Waals surface area contributed by atoms with Gasteiger partial charge in [-0.25, -0.2) is 4.57 Å². The smallest absolute Gasteiger partial charge is 0.387 e. The lowest BCUT2D eigenvalue weighted by atomic mass is 10.1. The van der Waals surface area contributed by atoms with Crippen molar-refractivity contribution in [3.05, 3.63) is 85.1 Å². The number of nitrogens with one attached hydrogen (secondary N) is 1. The van der Waals surface area contributed by atoms with Crippen LogP contribution in [0.3, 0.4) is 0 Å². The summed E-state index contributed by atoms with van der Waals surface area (Å²) in [6.07, 6.45) is 48.0. The molecular weight excluding hydrogens is 647 g/mol. The standard InChI is InChI=1S/C41H71N2O6P/c1-3-5-7-9-11-13-15-17-19-21-22-24-26-28-30-32-34-40(44)39(38-49-50(46,47)48-37-36-42)43-41(45)35-33-31-29-27-25-23-20-18-16-14-12-10-8-6-4-2/h6,8,12,14,18,20,24-27,31-34,39-40,44H,3-5,7,9-11,13,15-17,19,21-23,28-30,35-38,42H2,1-2H3,(H,43,45)(H,46,47)/b8-6-,14-12-,20-18-,26-24+,27-25-,33-31-,34-32+. The number of carbonyl (C=O) groups is 1. The minimum atomic E-state index is -4.37. The van der Waals surface area contributed by atoms with Crippen LogP contribution in [0.5, 0.6) is 0 Å². The molecule has 0 radical (unpaired) electrons. The number of nitrogens with two attached hydrogens (primary N) is 1. The fraction of sp³-hybridized carbons (Fsp3) is 0.634. The molecule has 0 rings (SSSR count). The highest BCUT2D eigenvalue weighted by Gasteiger charge is 2.26. The number of amides is 1. The molecule has 5 N–H and O–H groups in total. The van der Waals surface area contributed by atoms with Gasteiger partial charge in [-0.05, 0) is 57.8 Å². The first kappa shape index (κ1) is 47.7. The number of phosphoric acid groups is 1. The maximum Gasteiger partial charge on any atom is 0.472 e. The Bertz CT molecular complexity index is 1050. The number of aliphatic hydroxyl groups excluding tert-OH is 1. The van der Waals surface area contributed by atoms with Gasteiger partial charge in [0, 0.05) is 13.0 Å². The Morgan fingerprint density at radius 1 is 0.680 bits per heavy atom. The fourth-order valence-electron chi connectivity index (χ4n) is 4.86. The maximum atomic E-state index is 12.6. The molecule has 0 aliphatic heterocycles. The second-order valence-corrected chi connectivity index (χ2v) is 13.9. The zero-order valence-corrected chi connectivity index (χ0v) is 32.2. The first-order chi connectivity index (χ1) is 24.4. The Labute approximate surface area is 305 Å². The van der Waals surface area contributed by atoms with Crippen molar-refractivity contribution in [2.24, 2.45) is 5.73 Å². The summed E-state index contributed by atoms with van der Waals surface area (Å²) in [6, 6.07) is -0.935. The van der Waals surface area contributed by atoms with Crippen molar-refractivity contribution in [2.45, 2.75) is 148 Å². The molecule has 9 heteroatoms. The van der Waals surface area contributed by atoms with Gasteiger partial charge in [0.25, 0.3) is 0 Å². The number of hydrogen-bond acceptors (Lipinski definition) is 6. The van der Waals surface area contributed by atoms with Crippen molar-refractivity contribution >= 4 is 13.7 Å². The molecule has 0 spiro atoms. The summed E-state index contributed by atoms with van der Waals surface area (Å²) in [6.45, 7) is 3.89. The van der Waals surface area contributed by atoms with Gasteiger partial charge in [-0.3, -0.25) is 13.8 Å². The third kappa shape index (κ3) is 34.1. The quantitative estimate of drug-likeness (QED) is 0.0296. The molecule has 0 aromatic carbocycles.